The van der Waals surface area contributed by atoms with E-state index in [1.807, 2.05) is 12.1 Å². The Morgan fingerprint density at radius 1 is 1.00 bits per heavy atom. The van der Waals surface area contributed by atoms with E-state index >= 15 is 0 Å². The van der Waals surface area contributed by atoms with Crippen LogP contribution in [0.1, 0.15) is 29.4 Å². The molecule has 6 nitrogen and oxygen atoms in total. The molecule has 0 radical (unpaired) electrons. The van der Waals surface area contributed by atoms with Gasteiger partial charge in [-0.05, 0) is 62.6 Å². The first-order chi connectivity index (χ1) is 12.8. The summed E-state index contributed by atoms with van der Waals surface area (Å²) in [5, 5.41) is 10.1. The van der Waals surface area contributed by atoms with Gasteiger partial charge in [0.2, 0.25) is 0 Å². The largest absolute Gasteiger partial charge is 0.355 e. The van der Waals surface area contributed by atoms with Crippen molar-refractivity contribution in [1.29, 1.82) is 0 Å². The third-order valence-corrected chi connectivity index (χ3v) is 6.12. The van der Waals surface area contributed by atoms with Crippen molar-refractivity contribution in [3.8, 4) is 0 Å². The molecule has 1 heterocycles. The number of H-pyrrole nitrogens is 1. The molecule has 0 bridgehead atoms. The average Bonchev–Trinajstić information content (AvgIpc) is 2.97. The van der Waals surface area contributed by atoms with Gasteiger partial charge in [0.15, 0.2) is 0 Å². The number of aromatic nitrogens is 2. The Bertz CT molecular complexity index is 1030. The number of para-hydroxylation sites is 1. The lowest BCUT2D eigenvalue weighted by Gasteiger charge is -2.15. The number of nitrogens with zero attached hydrogens (tertiary/aromatic N) is 1. The molecule has 0 amide bonds. The first-order valence-corrected chi connectivity index (χ1v) is 10.3. The van der Waals surface area contributed by atoms with Crippen LogP contribution in [0, 0.1) is 20.8 Å². The van der Waals surface area contributed by atoms with E-state index in [1.165, 1.54) is 11.1 Å². The Morgan fingerprint density at radius 2 is 1.67 bits per heavy atom. The van der Waals surface area contributed by atoms with Crippen molar-refractivity contribution in [3.05, 3.63) is 65.0 Å². The number of hydrogen-bond donors (Lipinski definition) is 3. The fraction of sp³-hybridized carbons (Fsp3) is 0.250. The van der Waals surface area contributed by atoms with Crippen molar-refractivity contribution in [2.75, 3.05) is 10.0 Å². The van der Waals surface area contributed by atoms with Crippen LogP contribution in [0.15, 0.2) is 47.4 Å². The number of benzene rings is 2. The fourth-order valence-corrected chi connectivity index (χ4v) is 4.54. The zero-order valence-electron chi connectivity index (χ0n) is 15.9. The number of rotatable bonds is 6. The first-order valence-electron chi connectivity index (χ1n) is 8.81. The second-order valence-corrected chi connectivity index (χ2v) is 8.15. The van der Waals surface area contributed by atoms with Gasteiger partial charge in [0.25, 0.3) is 10.0 Å². The molecule has 2 aromatic carbocycles. The zero-order valence-corrected chi connectivity index (χ0v) is 16.7. The Morgan fingerprint density at radius 3 is 2.26 bits per heavy atom. The smallest absolute Gasteiger partial charge is 0.265 e. The molecule has 3 aromatic rings. The Hall–Kier alpha value is -2.80. The van der Waals surface area contributed by atoms with E-state index in [0.717, 1.165) is 17.8 Å². The topological polar surface area (TPSA) is 86.9 Å². The summed E-state index contributed by atoms with van der Waals surface area (Å²) in [6.07, 6.45) is 0.936. The van der Waals surface area contributed by atoms with Crippen LogP contribution >= 0.6 is 0 Å². The number of aromatic amines is 1. The molecule has 27 heavy (non-hydrogen) atoms. The van der Waals surface area contributed by atoms with Crippen LogP contribution < -0.4 is 10.0 Å². The van der Waals surface area contributed by atoms with E-state index in [4.69, 9.17) is 0 Å². The maximum atomic E-state index is 12.6. The summed E-state index contributed by atoms with van der Waals surface area (Å²) in [5.41, 5.74) is 5.88. The van der Waals surface area contributed by atoms with Gasteiger partial charge in [0.1, 0.15) is 4.90 Å². The van der Waals surface area contributed by atoms with Crippen molar-refractivity contribution in [3.63, 3.8) is 0 Å². The van der Waals surface area contributed by atoms with Crippen LogP contribution in [-0.2, 0) is 16.4 Å². The third-order valence-electron chi connectivity index (χ3n) is 4.48. The van der Waals surface area contributed by atoms with Gasteiger partial charge < -0.3 is 5.32 Å². The molecule has 142 valence electrons. The van der Waals surface area contributed by atoms with Gasteiger partial charge in [-0.15, -0.1) is 0 Å². The number of anilines is 3. The normalized spacial score (nSPS) is 11.4. The molecule has 0 aliphatic heterocycles. The lowest BCUT2D eigenvalue weighted by molar-refractivity contribution is 0.600. The number of aryl methyl sites for hydroxylation is 4. The molecule has 0 unspecified atom stereocenters. The Kier molecular flexibility index (Phi) is 5.23. The molecule has 0 fully saturated rings. The van der Waals surface area contributed by atoms with E-state index < -0.39 is 10.0 Å². The number of sulfonamides is 1. The molecule has 0 aliphatic rings. The summed E-state index contributed by atoms with van der Waals surface area (Å²) in [5.74, 6) is 0. The highest BCUT2D eigenvalue weighted by atomic mass is 32.2. The van der Waals surface area contributed by atoms with Crippen molar-refractivity contribution >= 4 is 27.1 Å². The van der Waals surface area contributed by atoms with E-state index in [2.05, 4.69) is 52.3 Å². The average molecular weight is 385 g/mol. The first kappa shape index (κ1) is 19.0. The highest BCUT2D eigenvalue weighted by Gasteiger charge is 2.22. The van der Waals surface area contributed by atoms with Gasteiger partial charge in [-0.1, -0.05) is 25.1 Å². The molecule has 0 saturated carbocycles. The quantitative estimate of drug-likeness (QED) is 0.586. The van der Waals surface area contributed by atoms with Crippen LogP contribution in [-0.4, -0.2) is 18.6 Å². The minimum Gasteiger partial charge on any atom is -0.355 e. The van der Waals surface area contributed by atoms with Crippen LogP contribution in [0.5, 0.6) is 0 Å². The van der Waals surface area contributed by atoms with Gasteiger partial charge in [-0.3, -0.25) is 9.82 Å². The van der Waals surface area contributed by atoms with Crippen LogP contribution in [0.4, 0.5) is 17.1 Å². The Labute approximate surface area is 160 Å². The molecule has 0 saturated heterocycles. The van der Waals surface area contributed by atoms with E-state index in [0.29, 0.717) is 17.1 Å². The van der Waals surface area contributed by atoms with Crippen LogP contribution in [0.2, 0.25) is 0 Å². The lowest BCUT2D eigenvalue weighted by atomic mass is 10.1. The monoisotopic (exact) mass is 384 g/mol. The molecular formula is C20H24N4O2S. The maximum absolute atomic E-state index is 12.6. The van der Waals surface area contributed by atoms with Gasteiger partial charge >= 0.3 is 0 Å². The van der Waals surface area contributed by atoms with Crippen molar-refractivity contribution in [1.82, 2.24) is 10.2 Å². The third kappa shape index (κ3) is 3.98. The minimum atomic E-state index is -3.68. The van der Waals surface area contributed by atoms with Gasteiger partial charge in [-0.2, -0.15) is 5.10 Å². The molecule has 7 heteroatoms. The van der Waals surface area contributed by atoms with E-state index in [-0.39, 0.29) is 4.90 Å². The van der Waals surface area contributed by atoms with Gasteiger partial charge in [0, 0.05) is 17.1 Å². The lowest BCUT2D eigenvalue weighted by Crippen LogP contribution is -2.14. The van der Waals surface area contributed by atoms with E-state index in [9.17, 15) is 8.42 Å². The second-order valence-electron chi connectivity index (χ2n) is 6.53. The zero-order chi connectivity index (χ0) is 19.6. The molecule has 0 spiro atoms. The van der Waals surface area contributed by atoms with Crippen molar-refractivity contribution < 1.29 is 8.42 Å². The molecule has 0 aliphatic carbocycles. The standard InChI is InChI=1S/C20H24N4O2S/c1-5-16-8-6-7-13(2)19(16)21-17-9-11-18(12-10-17)24-27(25,26)20-14(3)22-23-15(20)4/h6-12,21,24H,5H2,1-4H3,(H,22,23). The van der Waals surface area contributed by atoms with Gasteiger partial charge in [-0.25, -0.2) is 8.42 Å². The summed E-state index contributed by atoms with van der Waals surface area (Å²) < 4.78 is 27.9. The van der Waals surface area contributed by atoms with Gasteiger partial charge in [0.05, 0.1) is 11.4 Å². The summed E-state index contributed by atoms with van der Waals surface area (Å²) in [7, 11) is -3.68. The molecule has 0 atom stereocenters. The molecule has 1 aromatic heterocycles. The fourth-order valence-electron chi connectivity index (χ4n) is 3.11. The minimum absolute atomic E-state index is 0.192. The molecule has 3 rings (SSSR count). The number of nitrogens with one attached hydrogen (secondary N) is 3. The van der Waals surface area contributed by atoms with Crippen LogP contribution in [0.3, 0.4) is 0 Å². The maximum Gasteiger partial charge on any atom is 0.265 e. The highest BCUT2D eigenvalue weighted by molar-refractivity contribution is 7.92. The predicted molar refractivity (Wildman–Crippen MR) is 109 cm³/mol. The highest BCUT2D eigenvalue weighted by Crippen LogP contribution is 2.27. The summed E-state index contributed by atoms with van der Waals surface area (Å²) in [6.45, 7) is 7.55. The van der Waals surface area contributed by atoms with Crippen LogP contribution in [0.25, 0.3) is 0 Å². The Balaban J connectivity index is 1.81. The second kappa shape index (κ2) is 7.44. The van der Waals surface area contributed by atoms with Crippen molar-refractivity contribution in [2.24, 2.45) is 0 Å². The molecular weight excluding hydrogens is 360 g/mol. The summed E-state index contributed by atoms with van der Waals surface area (Å²) in [6, 6.07) is 13.4. The summed E-state index contributed by atoms with van der Waals surface area (Å²) in [4.78, 5) is 0.192. The molecule has 3 N–H and O–H groups in total. The summed E-state index contributed by atoms with van der Waals surface area (Å²) >= 11 is 0. The van der Waals surface area contributed by atoms with Crippen molar-refractivity contribution in [2.45, 2.75) is 39.0 Å². The SMILES string of the molecule is CCc1cccc(C)c1Nc1ccc(NS(=O)(=O)c2c(C)n[nH]c2C)cc1. The predicted octanol–water partition coefficient (Wildman–Crippen LogP) is 4.44. The van der Waals surface area contributed by atoms with E-state index in [1.54, 1.807) is 26.0 Å². The number of hydrogen-bond acceptors (Lipinski definition) is 4.